The van der Waals surface area contributed by atoms with E-state index >= 15 is 0 Å². The maximum Gasteiger partial charge on any atom is 0.294 e. The zero-order valence-electron chi connectivity index (χ0n) is 19.9. The number of hydrogen-bond acceptors (Lipinski definition) is 8. The molecule has 0 radical (unpaired) electrons. The highest BCUT2D eigenvalue weighted by Crippen LogP contribution is 2.39. The molecule has 2 aliphatic rings. The van der Waals surface area contributed by atoms with Crippen LogP contribution >= 0.6 is 27.7 Å². The molecular formula is C25H26BrN3O6S. The Hall–Kier alpha value is -3.02. The number of benzene rings is 2. The summed E-state index contributed by atoms with van der Waals surface area (Å²) in [5.74, 6) is 0.0749. The van der Waals surface area contributed by atoms with E-state index in [0.29, 0.717) is 60.1 Å². The first-order valence-electron chi connectivity index (χ1n) is 11.4. The number of ether oxygens (including phenoxy) is 3. The quantitative estimate of drug-likeness (QED) is 0.463. The Morgan fingerprint density at radius 1 is 1.22 bits per heavy atom. The molecule has 2 aromatic carbocycles. The second-order valence-corrected chi connectivity index (χ2v) is 9.75. The van der Waals surface area contributed by atoms with Crippen molar-refractivity contribution in [2.24, 2.45) is 0 Å². The molecule has 2 fully saturated rings. The van der Waals surface area contributed by atoms with E-state index in [4.69, 9.17) is 14.2 Å². The summed E-state index contributed by atoms with van der Waals surface area (Å²) in [4.78, 5) is 41.7. The first kappa shape index (κ1) is 26.1. The smallest absolute Gasteiger partial charge is 0.294 e. The number of morpholine rings is 1. The zero-order valence-corrected chi connectivity index (χ0v) is 22.3. The van der Waals surface area contributed by atoms with Gasteiger partial charge in [-0.05, 0) is 70.5 Å². The summed E-state index contributed by atoms with van der Waals surface area (Å²) in [6.45, 7) is 4.57. The Morgan fingerprint density at radius 2 is 1.97 bits per heavy atom. The molecule has 190 valence electrons. The molecule has 11 heteroatoms. The van der Waals surface area contributed by atoms with Crippen LogP contribution in [0.2, 0.25) is 0 Å². The van der Waals surface area contributed by atoms with Gasteiger partial charge in [0, 0.05) is 13.1 Å². The third-order valence-corrected chi connectivity index (χ3v) is 7.04. The van der Waals surface area contributed by atoms with Crippen molar-refractivity contribution >= 4 is 62.2 Å². The SMILES string of the molecule is CCOc1cc(/C=C2/SC(=O)N(CC(=O)Nc3ccccc3N3CCOCC3)C2=O)cc(Br)c1OC. The highest BCUT2D eigenvalue weighted by molar-refractivity contribution is 9.10. The number of carbonyl (C=O) groups excluding carboxylic acids is 3. The molecule has 0 atom stereocenters. The van der Waals surface area contributed by atoms with Crippen molar-refractivity contribution in [2.45, 2.75) is 6.92 Å². The molecule has 0 aliphatic carbocycles. The molecule has 2 heterocycles. The Balaban J connectivity index is 1.47. The number of imide groups is 1. The van der Waals surface area contributed by atoms with E-state index in [0.717, 1.165) is 22.3 Å². The number of nitrogens with one attached hydrogen (secondary N) is 1. The fraction of sp³-hybridized carbons (Fsp3) is 0.320. The van der Waals surface area contributed by atoms with Crippen molar-refractivity contribution in [1.29, 1.82) is 0 Å². The Kier molecular flexibility index (Phi) is 8.55. The first-order chi connectivity index (χ1) is 17.4. The van der Waals surface area contributed by atoms with Gasteiger partial charge >= 0.3 is 0 Å². The van der Waals surface area contributed by atoms with Gasteiger partial charge in [-0.15, -0.1) is 0 Å². The number of para-hydroxylation sites is 2. The highest BCUT2D eigenvalue weighted by Gasteiger charge is 2.36. The molecule has 3 amide bonds. The van der Waals surface area contributed by atoms with Gasteiger partial charge in [-0.3, -0.25) is 19.3 Å². The van der Waals surface area contributed by atoms with Crippen molar-refractivity contribution in [3.05, 3.63) is 51.3 Å². The van der Waals surface area contributed by atoms with E-state index in [2.05, 4.69) is 26.1 Å². The Morgan fingerprint density at radius 3 is 2.69 bits per heavy atom. The van der Waals surface area contributed by atoms with Crippen LogP contribution in [0, 0.1) is 0 Å². The van der Waals surface area contributed by atoms with Crippen molar-refractivity contribution < 1.29 is 28.6 Å². The minimum atomic E-state index is -0.522. The molecular weight excluding hydrogens is 550 g/mol. The third kappa shape index (κ3) is 5.85. The highest BCUT2D eigenvalue weighted by atomic mass is 79.9. The molecule has 2 aromatic rings. The average Bonchev–Trinajstić information content (AvgIpc) is 3.12. The van der Waals surface area contributed by atoms with E-state index in [-0.39, 0.29) is 11.4 Å². The number of thioether (sulfide) groups is 1. The Bertz CT molecular complexity index is 1200. The van der Waals surface area contributed by atoms with E-state index < -0.39 is 17.1 Å². The number of nitrogens with zero attached hydrogens (tertiary/aromatic N) is 2. The number of halogens is 1. The van der Waals surface area contributed by atoms with Crippen molar-refractivity contribution in [2.75, 3.05) is 56.8 Å². The summed E-state index contributed by atoms with van der Waals surface area (Å²) in [6, 6.07) is 10.9. The van der Waals surface area contributed by atoms with Gasteiger partial charge in [-0.2, -0.15) is 0 Å². The summed E-state index contributed by atoms with van der Waals surface area (Å²) in [6.07, 6.45) is 1.60. The fourth-order valence-corrected chi connectivity index (χ4v) is 5.37. The minimum absolute atomic E-state index is 0.223. The van der Waals surface area contributed by atoms with Gasteiger partial charge in [-0.1, -0.05) is 12.1 Å². The molecule has 4 rings (SSSR count). The second-order valence-electron chi connectivity index (χ2n) is 7.90. The number of methoxy groups -OCH3 is 1. The molecule has 0 spiro atoms. The van der Waals surface area contributed by atoms with Gasteiger partial charge < -0.3 is 24.4 Å². The summed E-state index contributed by atoms with van der Waals surface area (Å²) in [5, 5.41) is 2.35. The van der Waals surface area contributed by atoms with Crippen LogP contribution in [-0.4, -0.2) is 68.5 Å². The first-order valence-corrected chi connectivity index (χ1v) is 13.0. The van der Waals surface area contributed by atoms with Crippen LogP contribution in [0.3, 0.4) is 0 Å². The van der Waals surface area contributed by atoms with Crippen LogP contribution in [0.25, 0.3) is 6.08 Å². The maximum atomic E-state index is 13.0. The van der Waals surface area contributed by atoms with E-state index in [1.165, 1.54) is 7.11 Å². The molecule has 0 unspecified atom stereocenters. The van der Waals surface area contributed by atoms with Crippen LogP contribution in [0.1, 0.15) is 12.5 Å². The summed E-state index contributed by atoms with van der Waals surface area (Å²) in [7, 11) is 1.54. The predicted molar refractivity (Wildman–Crippen MR) is 143 cm³/mol. The monoisotopic (exact) mass is 575 g/mol. The molecule has 0 saturated carbocycles. The molecule has 9 nitrogen and oxygen atoms in total. The fourth-order valence-electron chi connectivity index (χ4n) is 3.91. The number of rotatable bonds is 8. The molecule has 36 heavy (non-hydrogen) atoms. The average molecular weight is 576 g/mol. The van der Waals surface area contributed by atoms with Crippen LogP contribution in [0.4, 0.5) is 16.2 Å². The summed E-state index contributed by atoms with van der Waals surface area (Å²) in [5.41, 5.74) is 2.15. The maximum absolute atomic E-state index is 13.0. The van der Waals surface area contributed by atoms with E-state index in [1.54, 1.807) is 24.3 Å². The predicted octanol–water partition coefficient (Wildman–Crippen LogP) is 4.37. The van der Waals surface area contributed by atoms with Crippen LogP contribution < -0.4 is 19.7 Å². The van der Waals surface area contributed by atoms with Gasteiger partial charge in [-0.25, -0.2) is 0 Å². The number of carbonyl (C=O) groups is 3. The normalized spacial score (nSPS) is 17.0. The lowest BCUT2D eigenvalue weighted by molar-refractivity contribution is -0.127. The van der Waals surface area contributed by atoms with Crippen molar-refractivity contribution in [3.8, 4) is 11.5 Å². The third-order valence-electron chi connectivity index (χ3n) is 5.54. The molecule has 0 bridgehead atoms. The molecule has 2 saturated heterocycles. The topological polar surface area (TPSA) is 97.4 Å². The molecule has 2 aliphatic heterocycles. The summed E-state index contributed by atoms with van der Waals surface area (Å²) < 4.78 is 17.1. The minimum Gasteiger partial charge on any atom is -0.492 e. The number of amides is 3. The van der Waals surface area contributed by atoms with Gasteiger partial charge in [0.2, 0.25) is 5.91 Å². The standard InChI is InChI=1S/C25H26BrN3O6S/c1-3-35-20-13-16(12-17(26)23(20)33-2)14-21-24(31)29(25(32)36-21)15-22(30)27-18-6-4-5-7-19(18)28-8-10-34-11-9-28/h4-7,12-14H,3,8-11,15H2,1-2H3,(H,27,30)/b21-14+. The lowest BCUT2D eigenvalue weighted by atomic mass is 10.2. The van der Waals surface area contributed by atoms with Gasteiger partial charge in [0.15, 0.2) is 11.5 Å². The molecule has 1 N–H and O–H groups in total. The number of hydrogen-bond donors (Lipinski definition) is 1. The van der Waals surface area contributed by atoms with Crippen LogP contribution in [0.5, 0.6) is 11.5 Å². The van der Waals surface area contributed by atoms with Crippen molar-refractivity contribution in [1.82, 2.24) is 4.90 Å². The second kappa shape index (κ2) is 11.8. The molecule has 0 aromatic heterocycles. The van der Waals surface area contributed by atoms with Gasteiger partial charge in [0.05, 0.1) is 47.7 Å². The van der Waals surface area contributed by atoms with Crippen LogP contribution in [-0.2, 0) is 14.3 Å². The van der Waals surface area contributed by atoms with E-state index in [1.807, 2.05) is 25.1 Å². The summed E-state index contributed by atoms with van der Waals surface area (Å²) >= 11 is 4.24. The lowest BCUT2D eigenvalue weighted by Gasteiger charge is -2.30. The Labute approximate surface area is 221 Å². The van der Waals surface area contributed by atoms with Crippen molar-refractivity contribution in [3.63, 3.8) is 0 Å². The number of anilines is 2. The largest absolute Gasteiger partial charge is 0.492 e. The lowest BCUT2D eigenvalue weighted by Crippen LogP contribution is -2.38. The van der Waals surface area contributed by atoms with Crippen LogP contribution in [0.15, 0.2) is 45.8 Å². The van der Waals surface area contributed by atoms with Gasteiger partial charge in [0.25, 0.3) is 11.1 Å². The van der Waals surface area contributed by atoms with Gasteiger partial charge in [0.1, 0.15) is 6.54 Å². The van der Waals surface area contributed by atoms with E-state index in [9.17, 15) is 14.4 Å². The zero-order chi connectivity index (χ0) is 25.7.